The van der Waals surface area contributed by atoms with E-state index in [2.05, 4.69) is 12.2 Å². The molecule has 0 aromatic rings. The van der Waals surface area contributed by atoms with Crippen molar-refractivity contribution in [3.63, 3.8) is 0 Å². The van der Waals surface area contributed by atoms with Crippen molar-refractivity contribution in [2.45, 2.75) is 51.7 Å². The van der Waals surface area contributed by atoms with Crippen LogP contribution in [0, 0.1) is 0 Å². The predicted molar refractivity (Wildman–Crippen MR) is 50.2 cm³/mol. The van der Waals surface area contributed by atoms with Gasteiger partial charge in [-0.2, -0.15) is 0 Å². The maximum atomic E-state index is 4.14. The molecular weight excluding hydrogens is 259 g/mol. The molecule has 0 saturated carbocycles. The normalized spacial score (nSPS) is 142. The zero-order chi connectivity index (χ0) is 8.43. The Labute approximate surface area is 71.3 Å². The fourth-order valence-electron chi connectivity index (χ4n) is 16.9. The van der Waals surface area contributed by atoms with Gasteiger partial charge in [0.05, 0.1) is 0 Å². The molecule has 1 nitrogen and oxygen atoms in total. The van der Waals surface area contributed by atoms with Gasteiger partial charge in [0.1, 0.15) is 0 Å². The second-order valence-electron chi connectivity index (χ2n) is 10.2. The quantitative estimate of drug-likeness (QED) is 0.764. The average Bonchev–Trinajstić information content (AvgIpc) is 3.14. The number of nitrogens with one attached hydrogen (secondary N) is 1. The number of hydrogen-bond acceptors (Lipinski definition) is 1. The molecule has 0 aromatic heterocycles. The Kier molecular flexibility index (Phi) is 0.114. The summed E-state index contributed by atoms with van der Waals surface area (Å²) in [5.41, 5.74) is 0. The molecule has 0 radical (unpaired) electrons. The van der Waals surface area contributed by atoms with Crippen LogP contribution in [-0.4, -0.2) is 10.7 Å². The molecule has 10 rings (SSSR count). The SMILES string of the molecule is CCN[C]12[CH]3[CH]4[CH]5[CH]1[Ru]45321678[CH]2[CH]1[CH]6[CH]7[CH]28. The third-order valence-electron chi connectivity index (χ3n) is 15.1. The van der Waals surface area contributed by atoms with Crippen LogP contribution in [-0.2, 0) is 7.72 Å². The van der Waals surface area contributed by atoms with Crippen LogP contribution in [0.15, 0.2) is 0 Å². The fraction of sp³-hybridized carbons (Fsp3) is 1.00. The van der Waals surface area contributed by atoms with Gasteiger partial charge in [-0.05, 0) is 0 Å². The molecule has 10 aliphatic rings. The third-order valence-corrected chi connectivity index (χ3v) is 81.6. The molecule has 0 bridgehead atoms. The van der Waals surface area contributed by atoms with Crippen LogP contribution >= 0.6 is 0 Å². The Hall–Kier alpha value is 0.583. The third kappa shape index (κ3) is 0.0357. The Morgan fingerprint density at radius 1 is 0.929 bits per heavy atom. The number of fused-ring (bicyclic) bond motifs is 10. The van der Waals surface area contributed by atoms with Crippen molar-refractivity contribution < 1.29 is 7.72 Å². The molecule has 10 aliphatic heterocycles. The Bertz CT molecular complexity index is 786. The molecule has 0 aliphatic carbocycles. The van der Waals surface area contributed by atoms with Gasteiger partial charge in [0.15, 0.2) is 0 Å². The Balaban J connectivity index is 1.85. The number of hydrogen-bond donors (Lipinski definition) is 1. The molecule has 4 unspecified atom stereocenters. The van der Waals surface area contributed by atoms with E-state index in [1.165, 1.54) is 47.2 Å². The second-order valence-corrected chi connectivity index (χ2v) is 47.3. The van der Waals surface area contributed by atoms with E-state index in [-0.39, 0.29) is 0 Å². The predicted octanol–water partition coefficient (Wildman–Crippen LogP) is 2.89. The van der Waals surface area contributed by atoms with Gasteiger partial charge >= 0.3 is 71.2 Å². The summed E-state index contributed by atoms with van der Waals surface area (Å²) in [5.74, 6) is 0. The van der Waals surface area contributed by atoms with E-state index in [0.29, 0.717) is 0 Å². The maximum absolute atomic E-state index is 4.14. The summed E-state index contributed by atoms with van der Waals surface area (Å²) >= 11 is 0. The fourth-order valence-corrected chi connectivity index (χ4v) is 149. The molecule has 10 fully saturated rings. The van der Waals surface area contributed by atoms with Gasteiger partial charge in [-0.25, -0.2) is 0 Å². The van der Waals surface area contributed by atoms with Gasteiger partial charge in [-0.3, -0.25) is 0 Å². The van der Waals surface area contributed by atoms with Gasteiger partial charge < -0.3 is 0 Å². The van der Waals surface area contributed by atoms with Gasteiger partial charge in [-0.1, -0.05) is 0 Å². The first-order valence-electron chi connectivity index (χ1n) is 6.57. The minimum atomic E-state index is -2.92. The molecule has 76 valence electrons. The first-order chi connectivity index (χ1) is 6.61. The Morgan fingerprint density at radius 2 is 1.43 bits per heavy atom. The van der Waals surface area contributed by atoms with E-state index >= 15 is 0 Å². The standard InChI is InChI=1S/C7H10N.C5H5.Ru/c1-2-8-7-5-3-4-6-7;1-2-4-5-3-1;/h3-6,8H,2H2,1H3;1-5H;. The van der Waals surface area contributed by atoms with Gasteiger partial charge in [0.2, 0.25) is 0 Å². The van der Waals surface area contributed by atoms with Crippen LogP contribution in [0.5, 0.6) is 0 Å². The van der Waals surface area contributed by atoms with Gasteiger partial charge in [0, 0.05) is 0 Å². The summed E-state index contributed by atoms with van der Waals surface area (Å²) < 4.78 is 14.6. The van der Waals surface area contributed by atoms with Crippen LogP contribution in [0.25, 0.3) is 0 Å². The monoisotopic (exact) mass is 275 g/mol. The first kappa shape index (κ1) is 4.84. The molecule has 4 atom stereocenters. The summed E-state index contributed by atoms with van der Waals surface area (Å²) in [6.45, 7) is 3.67. The van der Waals surface area contributed by atoms with E-state index in [0.717, 1.165) is 4.13 Å². The van der Waals surface area contributed by atoms with Crippen LogP contribution in [0.1, 0.15) is 6.92 Å². The van der Waals surface area contributed by atoms with Crippen molar-refractivity contribution in [2.24, 2.45) is 0 Å². The van der Waals surface area contributed by atoms with Crippen molar-refractivity contribution in [2.75, 3.05) is 6.54 Å². The van der Waals surface area contributed by atoms with E-state index in [1.54, 1.807) is 0 Å². The van der Waals surface area contributed by atoms with E-state index in [9.17, 15) is 0 Å². The van der Waals surface area contributed by atoms with Crippen LogP contribution in [0.3, 0.4) is 0 Å². The van der Waals surface area contributed by atoms with Crippen molar-refractivity contribution in [1.82, 2.24) is 5.32 Å². The van der Waals surface area contributed by atoms with Gasteiger partial charge in [-0.15, -0.1) is 0 Å². The summed E-state index contributed by atoms with van der Waals surface area (Å²) in [6.07, 6.45) is 0. The molecule has 0 amide bonds. The van der Waals surface area contributed by atoms with Gasteiger partial charge in [0.25, 0.3) is 0 Å². The first-order valence-corrected chi connectivity index (χ1v) is 16.5. The topological polar surface area (TPSA) is 12.0 Å². The molecule has 0 aromatic carbocycles. The molecule has 1 N–H and O–H groups in total. The van der Waals surface area contributed by atoms with Crippen molar-refractivity contribution >= 4 is 0 Å². The van der Waals surface area contributed by atoms with Crippen LogP contribution < -0.4 is 5.32 Å². The molecule has 10 heterocycles. The minimum absolute atomic E-state index is 1.01. The molecule has 10 saturated heterocycles. The molecule has 14 heavy (non-hydrogen) atoms. The summed E-state index contributed by atoms with van der Waals surface area (Å²) in [6, 6.07) is 0. The average molecular weight is 274 g/mol. The Morgan fingerprint density at radius 3 is 1.64 bits per heavy atom. The van der Waals surface area contributed by atoms with Crippen molar-refractivity contribution in [3.8, 4) is 0 Å². The number of rotatable bonds is 2. The molecular formula is C12H15NRu. The van der Waals surface area contributed by atoms with Crippen LogP contribution in [0.2, 0.25) is 40.6 Å². The summed E-state index contributed by atoms with van der Waals surface area (Å²) in [7, 11) is -2.92. The molecule has 1 spiro atoms. The van der Waals surface area contributed by atoms with Crippen molar-refractivity contribution in [1.29, 1.82) is 0 Å². The summed E-state index contributed by atoms with van der Waals surface area (Å²) in [4.78, 5) is 0. The van der Waals surface area contributed by atoms with Crippen LogP contribution in [0.4, 0.5) is 0 Å². The zero-order valence-electron chi connectivity index (χ0n) is 8.26. The zero-order valence-corrected chi connectivity index (χ0v) is 9.99. The summed E-state index contributed by atoms with van der Waals surface area (Å²) in [5, 5.41) is 4.14. The molecule has 2 heteroatoms. The second kappa shape index (κ2) is 0.331. The van der Waals surface area contributed by atoms with Crippen molar-refractivity contribution in [3.05, 3.63) is 0 Å². The van der Waals surface area contributed by atoms with E-state index < -0.39 is 7.72 Å². The van der Waals surface area contributed by atoms with E-state index in [4.69, 9.17) is 0 Å². The van der Waals surface area contributed by atoms with E-state index in [1.807, 2.05) is 0 Å².